The van der Waals surface area contributed by atoms with Gasteiger partial charge in [-0.05, 0) is 43.6 Å². The van der Waals surface area contributed by atoms with Gasteiger partial charge in [0.2, 0.25) is 6.79 Å². The maximum absolute atomic E-state index is 11.1. The molecule has 114 valence electrons. The van der Waals surface area contributed by atoms with Crippen LogP contribution in [0.25, 0.3) is 0 Å². The summed E-state index contributed by atoms with van der Waals surface area (Å²) in [4.78, 5) is 22.0. The van der Waals surface area contributed by atoms with Crippen molar-refractivity contribution < 1.29 is 23.8 Å². The third-order valence-electron chi connectivity index (χ3n) is 3.29. The van der Waals surface area contributed by atoms with E-state index in [-0.39, 0.29) is 12.8 Å². The van der Waals surface area contributed by atoms with Gasteiger partial charge in [0.15, 0.2) is 11.5 Å². The molecule has 0 radical (unpaired) electrons. The quantitative estimate of drug-likeness (QED) is 0.442. The topological polar surface area (TPSA) is 73.9 Å². The summed E-state index contributed by atoms with van der Waals surface area (Å²) < 4.78 is 15.1. The molecule has 0 spiro atoms. The third kappa shape index (κ3) is 4.19. The first-order chi connectivity index (χ1) is 10.2. The number of methoxy groups -OCH3 is 1. The Balaban J connectivity index is 1.78. The zero-order valence-corrected chi connectivity index (χ0v) is 12.0. The summed E-state index contributed by atoms with van der Waals surface area (Å²) >= 11 is 0. The van der Waals surface area contributed by atoms with Crippen LogP contribution in [0.4, 0.5) is 0 Å². The Morgan fingerprint density at radius 3 is 2.81 bits per heavy atom. The van der Waals surface area contributed by atoms with Crippen LogP contribution in [0.5, 0.6) is 11.5 Å². The minimum absolute atomic E-state index is 0.197. The zero-order valence-electron chi connectivity index (χ0n) is 12.0. The molecule has 6 nitrogen and oxygen atoms in total. The number of ether oxygens (including phenoxy) is 3. The van der Waals surface area contributed by atoms with Gasteiger partial charge in [-0.25, -0.2) is 0 Å². The van der Waals surface area contributed by atoms with E-state index in [4.69, 9.17) is 9.47 Å². The fraction of sp³-hybridized carbons (Fsp3) is 0.467. The number of carbonyl (C=O) groups is 2. The summed E-state index contributed by atoms with van der Waals surface area (Å²) in [5.41, 5.74) is 1.55. The van der Waals surface area contributed by atoms with E-state index in [0.717, 1.165) is 31.4 Å². The van der Waals surface area contributed by atoms with Gasteiger partial charge in [-0.2, -0.15) is 0 Å². The van der Waals surface area contributed by atoms with Crippen LogP contribution in [-0.4, -0.2) is 39.2 Å². The maximum Gasteiger partial charge on any atom is 0.305 e. The van der Waals surface area contributed by atoms with E-state index >= 15 is 0 Å². The van der Waals surface area contributed by atoms with Crippen molar-refractivity contribution in [1.82, 2.24) is 5.32 Å². The van der Waals surface area contributed by atoms with E-state index in [0.29, 0.717) is 29.9 Å². The molecule has 1 aliphatic heterocycles. The second kappa shape index (κ2) is 7.64. The predicted molar refractivity (Wildman–Crippen MR) is 75.8 cm³/mol. The number of esters is 1. The molecule has 0 aliphatic carbocycles. The summed E-state index contributed by atoms with van der Waals surface area (Å²) in [6, 6.07) is 3.56. The van der Waals surface area contributed by atoms with Gasteiger partial charge in [0.1, 0.15) is 6.29 Å². The summed E-state index contributed by atoms with van der Waals surface area (Å²) in [6.45, 7) is 1.65. The fourth-order valence-corrected chi connectivity index (χ4v) is 2.13. The second-order valence-corrected chi connectivity index (χ2v) is 4.70. The molecule has 2 rings (SSSR count). The molecule has 1 heterocycles. The van der Waals surface area contributed by atoms with Crippen molar-refractivity contribution in [3.63, 3.8) is 0 Å². The van der Waals surface area contributed by atoms with E-state index in [1.54, 1.807) is 6.07 Å². The lowest BCUT2D eigenvalue weighted by Crippen LogP contribution is -2.20. The van der Waals surface area contributed by atoms with E-state index in [9.17, 15) is 9.59 Å². The molecule has 6 heteroatoms. The van der Waals surface area contributed by atoms with Crippen molar-refractivity contribution >= 4 is 12.3 Å². The van der Waals surface area contributed by atoms with Gasteiger partial charge in [0.25, 0.3) is 0 Å². The molecule has 0 saturated carbocycles. The van der Waals surface area contributed by atoms with Crippen molar-refractivity contribution in [1.29, 1.82) is 0 Å². The highest BCUT2D eigenvalue weighted by molar-refractivity contribution is 5.79. The Labute approximate surface area is 123 Å². The monoisotopic (exact) mass is 293 g/mol. The number of hydrogen-bond acceptors (Lipinski definition) is 6. The Kier molecular flexibility index (Phi) is 5.57. The minimum atomic E-state index is -0.198. The molecular formula is C15H19NO5. The Morgan fingerprint density at radius 2 is 2.10 bits per heavy atom. The molecule has 0 aromatic heterocycles. The van der Waals surface area contributed by atoms with E-state index in [1.807, 2.05) is 6.07 Å². The molecule has 1 aliphatic rings. The Morgan fingerprint density at radius 1 is 1.33 bits per heavy atom. The van der Waals surface area contributed by atoms with Crippen LogP contribution in [0.2, 0.25) is 0 Å². The summed E-state index contributed by atoms with van der Waals surface area (Å²) in [6.07, 6.45) is 2.68. The van der Waals surface area contributed by atoms with Crippen LogP contribution >= 0.6 is 0 Å². The number of carbonyl (C=O) groups excluding carboxylic acids is 2. The molecule has 21 heavy (non-hydrogen) atoms. The number of rotatable bonds is 8. The van der Waals surface area contributed by atoms with Gasteiger partial charge in [-0.3, -0.25) is 9.59 Å². The third-order valence-corrected chi connectivity index (χ3v) is 3.29. The van der Waals surface area contributed by atoms with Gasteiger partial charge >= 0.3 is 5.97 Å². The number of fused-ring (bicyclic) bond motifs is 1. The van der Waals surface area contributed by atoms with Gasteiger partial charge in [0, 0.05) is 12.0 Å². The molecule has 0 bridgehead atoms. The molecule has 1 aromatic rings. The van der Waals surface area contributed by atoms with E-state index < -0.39 is 0 Å². The largest absolute Gasteiger partial charge is 0.469 e. The molecule has 1 aromatic carbocycles. The van der Waals surface area contributed by atoms with Crippen LogP contribution in [0.15, 0.2) is 12.1 Å². The smallest absolute Gasteiger partial charge is 0.305 e. The van der Waals surface area contributed by atoms with Crippen molar-refractivity contribution in [3.05, 3.63) is 23.3 Å². The van der Waals surface area contributed by atoms with Gasteiger partial charge < -0.3 is 19.5 Å². The number of hydrogen-bond donors (Lipinski definition) is 1. The summed E-state index contributed by atoms with van der Waals surface area (Å²) in [5, 5.41) is 3.24. The zero-order chi connectivity index (χ0) is 15.1. The minimum Gasteiger partial charge on any atom is -0.469 e. The number of nitrogens with one attached hydrogen (secondary N) is 1. The van der Waals surface area contributed by atoms with Crippen LogP contribution in [0, 0.1) is 0 Å². The van der Waals surface area contributed by atoms with Gasteiger partial charge in [-0.15, -0.1) is 0 Å². The average Bonchev–Trinajstić information content (AvgIpc) is 2.96. The number of aldehydes is 1. The summed E-state index contributed by atoms with van der Waals surface area (Å²) in [5.74, 6) is 1.10. The van der Waals surface area contributed by atoms with Crippen LogP contribution < -0.4 is 14.8 Å². The highest BCUT2D eigenvalue weighted by Crippen LogP contribution is 2.34. The number of benzene rings is 1. The van der Waals surface area contributed by atoms with Crippen molar-refractivity contribution in [2.24, 2.45) is 0 Å². The summed E-state index contributed by atoms with van der Waals surface area (Å²) in [7, 11) is 1.39. The first kappa shape index (κ1) is 15.3. The normalized spacial score (nSPS) is 12.2. The standard InChI is InChI=1S/C15H19NO5/c1-19-15(18)3-2-5-16-6-4-11-7-13-14(21-10-20-13)8-12(11)9-17/h7-9,16H,2-6,10H2,1H3. The van der Waals surface area contributed by atoms with Crippen LogP contribution in [-0.2, 0) is 16.0 Å². The molecule has 0 saturated heterocycles. The highest BCUT2D eigenvalue weighted by Gasteiger charge is 2.16. The molecule has 1 N–H and O–H groups in total. The molecule has 0 fully saturated rings. The Bertz CT molecular complexity index is 515. The van der Waals surface area contributed by atoms with E-state index in [1.165, 1.54) is 7.11 Å². The Hall–Kier alpha value is -2.08. The molecule has 0 amide bonds. The lowest BCUT2D eigenvalue weighted by atomic mass is 10.0. The molecule has 0 atom stereocenters. The van der Waals surface area contributed by atoms with E-state index in [2.05, 4.69) is 10.1 Å². The second-order valence-electron chi connectivity index (χ2n) is 4.70. The maximum atomic E-state index is 11.1. The van der Waals surface area contributed by atoms with Gasteiger partial charge in [-0.1, -0.05) is 0 Å². The molecular weight excluding hydrogens is 274 g/mol. The SMILES string of the molecule is COC(=O)CCCNCCc1cc2c(cc1C=O)OCO2. The lowest BCUT2D eigenvalue weighted by Gasteiger charge is -2.08. The van der Waals surface area contributed by atoms with Crippen LogP contribution in [0.3, 0.4) is 0 Å². The van der Waals surface area contributed by atoms with Crippen molar-refractivity contribution in [2.45, 2.75) is 19.3 Å². The van der Waals surface area contributed by atoms with Gasteiger partial charge in [0.05, 0.1) is 7.11 Å². The first-order valence-electron chi connectivity index (χ1n) is 6.90. The van der Waals surface area contributed by atoms with Crippen molar-refractivity contribution in [2.75, 3.05) is 27.0 Å². The lowest BCUT2D eigenvalue weighted by molar-refractivity contribution is -0.140. The molecule has 0 unspecified atom stereocenters. The first-order valence-corrected chi connectivity index (χ1v) is 6.90. The average molecular weight is 293 g/mol. The highest BCUT2D eigenvalue weighted by atomic mass is 16.7. The van der Waals surface area contributed by atoms with Crippen molar-refractivity contribution in [3.8, 4) is 11.5 Å². The van der Waals surface area contributed by atoms with Crippen LogP contribution in [0.1, 0.15) is 28.8 Å². The fourth-order valence-electron chi connectivity index (χ4n) is 2.13. The predicted octanol–water partition coefficient (Wildman–Crippen LogP) is 1.31.